The van der Waals surface area contributed by atoms with Crippen LogP contribution in [0.5, 0.6) is 11.5 Å². The second kappa shape index (κ2) is 6.26. The van der Waals surface area contributed by atoms with Crippen molar-refractivity contribution in [3.63, 3.8) is 0 Å². The largest absolute Gasteiger partial charge is 0.493 e. The van der Waals surface area contributed by atoms with Crippen molar-refractivity contribution < 1.29 is 19.4 Å². The van der Waals surface area contributed by atoms with Crippen LogP contribution in [0.4, 0.5) is 0 Å². The molecule has 1 aromatic carbocycles. The molecule has 1 N–H and O–H groups in total. The number of nitrogens with zero attached hydrogens (tertiary/aromatic N) is 1. The van der Waals surface area contributed by atoms with Crippen molar-refractivity contribution in [3.8, 4) is 11.5 Å². The molecule has 0 aliphatic rings. The van der Waals surface area contributed by atoms with Gasteiger partial charge in [-0.2, -0.15) is 0 Å². The van der Waals surface area contributed by atoms with Crippen molar-refractivity contribution in [2.75, 3.05) is 27.9 Å². The first kappa shape index (κ1) is 14.3. The molecule has 5 nitrogen and oxygen atoms in total. The summed E-state index contributed by atoms with van der Waals surface area (Å²) in [4.78, 5) is 13.6. The number of ether oxygens (including phenoxy) is 2. The average Bonchev–Trinajstić information content (AvgIpc) is 2.43. The van der Waals surface area contributed by atoms with Gasteiger partial charge in [0.05, 0.1) is 26.9 Å². The van der Waals surface area contributed by atoms with Gasteiger partial charge in [-0.25, -0.2) is 0 Å². The SMILES string of the molecule is COc1ccc(C(=O)N(C)C(C)CO)cc1OC. The number of benzene rings is 1. The van der Waals surface area contributed by atoms with Crippen LogP contribution in [0.25, 0.3) is 0 Å². The van der Waals surface area contributed by atoms with Crippen molar-refractivity contribution in [2.45, 2.75) is 13.0 Å². The first-order chi connectivity index (χ1) is 8.54. The number of hydrogen-bond acceptors (Lipinski definition) is 4. The van der Waals surface area contributed by atoms with Crippen LogP contribution in [0.1, 0.15) is 17.3 Å². The summed E-state index contributed by atoms with van der Waals surface area (Å²) < 4.78 is 10.3. The highest BCUT2D eigenvalue weighted by Gasteiger charge is 2.18. The molecule has 0 aromatic heterocycles. The van der Waals surface area contributed by atoms with Crippen LogP contribution in [0.2, 0.25) is 0 Å². The maximum Gasteiger partial charge on any atom is 0.254 e. The molecule has 1 aromatic rings. The van der Waals surface area contributed by atoms with Gasteiger partial charge >= 0.3 is 0 Å². The zero-order valence-electron chi connectivity index (χ0n) is 11.1. The van der Waals surface area contributed by atoms with E-state index in [1.165, 1.54) is 12.0 Å². The summed E-state index contributed by atoms with van der Waals surface area (Å²) in [7, 11) is 4.71. The van der Waals surface area contributed by atoms with Gasteiger partial charge in [-0.05, 0) is 25.1 Å². The van der Waals surface area contributed by atoms with Gasteiger partial charge in [-0.1, -0.05) is 0 Å². The van der Waals surface area contributed by atoms with E-state index >= 15 is 0 Å². The van der Waals surface area contributed by atoms with E-state index < -0.39 is 0 Å². The Balaban J connectivity index is 3.00. The molecule has 0 heterocycles. The Hall–Kier alpha value is -1.75. The van der Waals surface area contributed by atoms with E-state index in [9.17, 15) is 4.79 Å². The zero-order valence-corrected chi connectivity index (χ0v) is 11.1. The van der Waals surface area contributed by atoms with Crippen LogP contribution in [-0.2, 0) is 0 Å². The summed E-state index contributed by atoms with van der Waals surface area (Å²) in [6, 6.07) is 4.75. The third-order valence-corrected chi connectivity index (χ3v) is 2.88. The van der Waals surface area contributed by atoms with Gasteiger partial charge in [0.1, 0.15) is 0 Å². The number of rotatable bonds is 5. The van der Waals surface area contributed by atoms with Gasteiger partial charge in [-0.15, -0.1) is 0 Å². The standard InChI is InChI=1S/C13H19NO4/c1-9(8-15)14(2)13(16)10-5-6-11(17-3)12(7-10)18-4/h5-7,9,15H,8H2,1-4H3. The minimum atomic E-state index is -0.231. The van der Waals surface area contributed by atoms with Crippen LogP contribution >= 0.6 is 0 Å². The second-order valence-corrected chi connectivity index (χ2v) is 4.02. The molecule has 0 aliphatic heterocycles. The number of carbonyl (C=O) groups is 1. The van der Waals surface area contributed by atoms with Gasteiger partial charge in [-0.3, -0.25) is 4.79 Å². The summed E-state index contributed by atoms with van der Waals surface area (Å²) in [6.07, 6.45) is 0. The molecular weight excluding hydrogens is 234 g/mol. The van der Waals surface area contributed by atoms with Crippen LogP contribution in [-0.4, -0.2) is 49.8 Å². The predicted octanol–water partition coefficient (Wildman–Crippen LogP) is 1.16. The fourth-order valence-corrected chi connectivity index (χ4v) is 1.50. The Kier molecular flexibility index (Phi) is 4.97. The van der Waals surface area contributed by atoms with Crippen LogP contribution in [0.15, 0.2) is 18.2 Å². The second-order valence-electron chi connectivity index (χ2n) is 4.02. The van der Waals surface area contributed by atoms with Crippen LogP contribution in [0, 0.1) is 0 Å². The summed E-state index contributed by atoms with van der Waals surface area (Å²) in [5.41, 5.74) is 0.496. The third kappa shape index (κ3) is 2.92. The van der Waals surface area contributed by atoms with E-state index in [0.29, 0.717) is 17.1 Å². The Bertz CT molecular complexity index is 419. The predicted molar refractivity (Wildman–Crippen MR) is 68.2 cm³/mol. The summed E-state index contributed by atoms with van der Waals surface area (Å²) >= 11 is 0. The van der Waals surface area contributed by atoms with Gasteiger partial charge < -0.3 is 19.5 Å². The fourth-order valence-electron chi connectivity index (χ4n) is 1.50. The van der Waals surface area contributed by atoms with Gasteiger partial charge in [0.2, 0.25) is 0 Å². The van der Waals surface area contributed by atoms with E-state index in [0.717, 1.165) is 0 Å². The van der Waals surface area contributed by atoms with Crippen molar-refractivity contribution >= 4 is 5.91 Å². The molecule has 5 heteroatoms. The molecule has 1 unspecified atom stereocenters. The molecule has 0 saturated heterocycles. The Morgan fingerprint density at radius 2 is 1.94 bits per heavy atom. The Labute approximate surface area is 107 Å². The number of amides is 1. The summed E-state index contributed by atoms with van der Waals surface area (Å²) in [5, 5.41) is 9.05. The number of methoxy groups -OCH3 is 2. The van der Waals surface area contributed by atoms with Crippen LogP contribution < -0.4 is 9.47 Å². The maximum atomic E-state index is 12.1. The molecule has 0 fully saturated rings. The quantitative estimate of drug-likeness (QED) is 0.855. The number of hydrogen-bond donors (Lipinski definition) is 1. The van der Waals surface area contributed by atoms with E-state index in [-0.39, 0.29) is 18.6 Å². The lowest BCUT2D eigenvalue weighted by atomic mass is 10.1. The molecule has 0 saturated carbocycles. The van der Waals surface area contributed by atoms with E-state index in [1.807, 2.05) is 0 Å². The zero-order chi connectivity index (χ0) is 13.7. The number of aliphatic hydroxyl groups is 1. The highest BCUT2D eigenvalue weighted by atomic mass is 16.5. The van der Waals surface area contributed by atoms with Gasteiger partial charge in [0, 0.05) is 12.6 Å². The maximum absolute atomic E-state index is 12.1. The van der Waals surface area contributed by atoms with Crippen molar-refractivity contribution in [1.82, 2.24) is 4.90 Å². The van der Waals surface area contributed by atoms with E-state index in [2.05, 4.69) is 0 Å². The molecule has 18 heavy (non-hydrogen) atoms. The topological polar surface area (TPSA) is 59.0 Å². The van der Waals surface area contributed by atoms with Crippen molar-refractivity contribution in [1.29, 1.82) is 0 Å². The Morgan fingerprint density at radius 1 is 1.33 bits per heavy atom. The lowest BCUT2D eigenvalue weighted by Gasteiger charge is -2.23. The monoisotopic (exact) mass is 253 g/mol. The molecule has 1 rings (SSSR count). The van der Waals surface area contributed by atoms with E-state index in [4.69, 9.17) is 14.6 Å². The molecule has 0 spiro atoms. The summed E-state index contributed by atoms with van der Waals surface area (Å²) in [5.74, 6) is 0.915. The molecule has 1 amide bonds. The van der Waals surface area contributed by atoms with Crippen LogP contribution in [0.3, 0.4) is 0 Å². The normalized spacial score (nSPS) is 11.8. The number of aliphatic hydroxyl groups excluding tert-OH is 1. The third-order valence-electron chi connectivity index (χ3n) is 2.88. The minimum Gasteiger partial charge on any atom is -0.493 e. The van der Waals surface area contributed by atoms with E-state index in [1.54, 1.807) is 39.3 Å². The number of carbonyl (C=O) groups excluding carboxylic acids is 1. The smallest absolute Gasteiger partial charge is 0.254 e. The lowest BCUT2D eigenvalue weighted by Crippen LogP contribution is -2.37. The lowest BCUT2D eigenvalue weighted by molar-refractivity contribution is 0.0682. The van der Waals surface area contributed by atoms with Gasteiger partial charge in [0.25, 0.3) is 5.91 Å². The first-order valence-electron chi connectivity index (χ1n) is 5.65. The van der Waals surface area contributed by atoms with Gasteiger partial charge in [0.15, 0.2) is 11.5 Å². The molecule has 0 radical (unpaired) electrons. The fraction of sp³-hybridized carbons (Fsp3) is 0.462. The highest BCUT2D eigenvalue weighted by molar-refractivity contribution is 5.95. The minimum absolute atomic E-state index is 0.0739. The van der Waals surface area contributed by atoms with Crippen molar-refractivity contribution in [2.24, 2.45) is 0 Å². The first-order valence-corrected chi connectivity index (χ1v) is 5.65. The molecule has 100 valence electrons. The molecule has 1 atom stereocenters. The molecule has 0 bridgehead atoms. The molecular formula is C13H19NO4. The number of likely N-dealkylation sites (N-methyl/N-ethyl adjacent to an activating group) is 1. The highest BCUT2D eigenvalue weighted by Crippen LogP contribution is 2.28. The molecule has 0 aliphatic carbocycles. The Morgan fingerprint density at radius 3 is 2.44 bits per heavy atom. The average molecular weight is 253 g/mol. The summed E-state index contributed by atoms with van der Waals surface area (Å²) in [6.45, 7) is 1.70. The van der Waals surface area contributed by atoms with Crippen molar-refractivity contribution in [3.05, 3.63) is 23.8 Å².